The van der Waals surface area contributed by atoms with Crippen LogP contribution < -0.4 is 5.32 Å². The number of hydrogen-bond acceptors (Lipinski definition) is 3. The summed E-state index contributed by atoms with van der Waals surface area (Å²) in [5.74, 6) is -2.16. The number of hydrogen-bond donors (Lipinski definition) is 2. The lowest BCUT2D eigenvalue weighted by atomic mass is 9.87. The van der Waals surface area contributed by atoms with Crippen LogP contribution >= 0.6 is 58.0 Å². The summed E-state index contributed by atoms with van der Waals surface area (Å²) in [7, 11) is 0. The van der Waals surface area contributed by atoms with E-state index in [1.807, 2.05) is 5.32 Å². The molecule has 2 N–H and O–H groups in total. The van der Waals surface area contributed by atoms with Crippen molar-refractivity contribution in [3.05, 3.63) is 69.2 Å². The predicted octanol–water partition coefficient (Wildman–Crippen LogP) is 7.33. The molecule has 2 aromatic carbocycles. The van der Waals surface area contributed by atoms with E-state index in [-0.39, 0.29) is 26.7 Å². The number of nitrogens with one attached hydrogen (secondary N) is 1. The average Bonchev–Trinajstić information content (AvgIpc) is 3.10. The van der Waals surface area contributed by atoms with Crippen molar-refractivity contribution in [2.24, 2.45) is 11.1 Å². The summed E-state index contributed by atoms with van der Waals surface area (Å²) in [6, 6.07) is 8.02. The Labute approximate surface area is 205 Å². The van der Waals surface area contributed by atoms with Gasteiger partial charge in [-0.05, 0) is 35.4 Å². The number of halogens is 8. The van der Waals surface area contributed by atoms with Crippen molar-refractivity contribution in [2.75, 3.05) is 0 Å². The first-order valence-electron chi connectivity index (χ1n) is 8.70. The third-order valence-corrected chi connectivity index (χ3v) is 5.63. The summed E-state index contributed by atoms with van der Waals surface area (Å²) < 4.78 is 40.1. The SMILES string of the molecule is O=C(O)NC(c1cccc(C2=NO[C@H](c3cc(Cl)cc(Cl)c3)C2C(F)(F)F)c1)C(Cl)(Cl)Cl. The topological polar surface area (TPSA) is 70.9 Å². The molecule has 2 aromatic rings. The molecule has 0 aliphatic carbocycles. The number of oxime groups is 1. The van der Waals surface area contributed by atoms with Gasteiger partial charge in [-0.2, -0.15) is 13.2 Å². The lowest BCUT2D eigenvalue weighted by Gasteiger charge is -2.25. The second kappa shape index (κ2) is 9.35. The molecule has 0 radical (unpaired) electrons. The van der Waals surface area contributed by atoms with Gasteiger partial charge < -0.3 is 15.3 Å². The van der Waals surface area contributed by atoms with Crippen molar-refractivity contribution in [1.29, 1.82) is 0 Å². The molecule has 1 heterocycles. The standard InChI is InChI=1S/C19H12Cl5F3N2O3/c20-11-5-10(6-12(21)7-11)15-13(19(25,26)27)14(29-32-15)8-2-1-3-9(4-8)16(18(22,23)24)28-17(30)31/h1-7,13,15-16,28H,(H,30,31)/t13?,15-,16?/m1/s1. The van der Waals surface area contributed by atoms with Gasteiger partial charge in [-0.25, -0.2) is 4.79 Å². The smallest absolute Gasteiger partial charge is 0.405 e. The van der Waals surface area contributed by atoms with E-state index in [0.717, 1.165) is 0 Å². The first-order chi connectivity index (χ1) is 14.8. The largest absolute Gasteiger partial charge is 0.465 e. The maximum Gasteiger partial charge on any atom is 0.405 e. The maximum absolute atomic E-state index is 14.1. The van der Waals surface area contributed by atoms with E-state index in [1.54, 1.807) is 0 Å². The van der Waals surface area contributed by atoms with Crippen molar-refractivity contribution in [3.63, 3.8) is 0 Å². The summed E-state index contributed by atoms with van der Waals surface area (Å²) in [5.41, 5.74) is -0.222. The van der Waals surface area contributed by atoms with Gasteiger partial charge in [0.25, 0.3) is 0 Å². The molecule has 0 spiro atoms. The number of rotatable bonds is 4. The number of carboxylic acid groups (broad SMARTS) is 1. The lowest BCUT2D eigenvalue weighted by Crippen LogP contribution is -2.36. The Hall–Kier alpha value is -1.58. The highest BCUT2D eigenvalue weighted by molar-refractivity contribution is 6.68. The second-order valence-electron chi connectivity index (χ2n) is 6.77. The van der Waals surface area contributed by atoms with Gasteiger partial charge >= 0.3 is 12.3 Å². The van der Waals surface area contributed by atoms with Crippen LogP contribution in [-0.2, 0) is 4.84 Å². The number of alkyl halides is 6. The summed E-state index contributed by atoms with van der Waals surface area (Å²) in [4.78, 5) is 16.3. The average molecular weight is 551 g/mol. The molecule has 1 aliphatic rings. The fraction of sp³-hybridized carbons (Fsp3) is 0.263. The molecular formula is C19H12Cl5F3N2O3. The Bertz CT molecular complexity index is 1040. The molecule has 0 saturated heterocycles. The van der Waals surface area contributed by atoms with Crippen LogP contribution in [-0.4, -0.2) is 26.9 Å². The maximum atomic E-state index is 14.1. The number of carbonyl (C=O) groups is 1. The Morgan fingerprint density at radius 2 is 1.72 bits per heavy atom. The van der Waals surface area contributed by atoms with Gasteiger partial charge in [-0.15, -0.1) is 0 Å². The van der Waals surface area contributed by atoms with Crippen molar-refractivity contribution < 1.29 is 27.9 Å². The molecule has 0 saturated carbocycles. The number of nitrogens with zero attached hydrogens (tertiary/aromatic N) is 1. The quantitative estimate of drug-likeness (QED) is 0.392. The fourth-order valence-electron chi connectivity index (χ4n) is 3.28. The van der Waals surface area contributed by atoms with Crippen LogP contribution in [0, 0.1) is 5.92 Å². The second-order valence-corrected chi connectivity index (χ2v) is 10.0. The first-order valence-corrected chi connectivity index (χ1v) is 10.6. The highest BCUT2D eigenvalue weighted by atomic mass is 35.6. The molecule has 2 unspecified atom stereocenters. The highest BCUT2D eigenvalue weighted by Gasteiger charge is 2.54. The van der Waals surface area contributed by atoms with Crippen LogP contribution in [0.1, 0.15) is 28.8 Å². The molecule has 13 heteroatoms. The summed E-state index contributed by atoms with van der Waals surface area (Å²) >= 11 is 29.5. The predicted molar refractivity (Wildman–Crippen MR) is 117 cm³/mol. The van der Waals surface area contributed by atoms with Crippen molar-refractivity contribution >= 4 is 69.8 Å². The molecule has 0 bridgehead atoms. The molecule has 0 aromatic heterocycles. The zero-order valence-corrected chi connectivity index (χ0v) is 19.3. The van der Waals surface area contributed by atoms with Crippen LogP contribution in [0.3, 0.4) is 0 Å². The van der Waals surface area contributed by atoms with E-state index in [0.29, 0.717) is 0 Å². The van der Waals surface area contributed by atoms with E-state index in [2.05, 4.69) is 5.16 Å². The molecule has 0 fully saturated rings. The van der Waals surface area contributed by atoms with Crippen LogP contribution in [0.25, 0.3) is 0 Å². The minimum Gasteiger partial charge on any atom is -0.465 e. The number of amides is 1. The molecule has 1 amide bonds. The molecule has 5 nitrogen and oxygen atoms in total. The molecule has 172 valence electrons. The Morgan fingerprint density at radius 1 is 1.09 bits per heavy atom. The van der Waals surface area contributed by atoms with Crippen molar-refractivity contribution in [2.45, 2.75) is 22.1 Å². The van der Waals surface area contributed by atoms with Crippen LogP contribution in [0.5, 0.6) is 0 Å². The monoisotopic (exact) mass is 548 g/mol. The minimum atomic E-state index is -4.75. The van der Waals surface area contributed by atoms with Gasteiger partial charge in [0.15, 0.2) is 6.10 Å². The van der Waals surface area contributed by atoms with Gasteiger partial charge in [-0.1, -0.05) is 81.4 Å². The first kappa shape index (κ1) is 25.1. The molecule has 1 aliphatic heterocycles. The molecule has 32 heavy (non-hydrogen) atoms. The summed E-state index contributed by atoms with van der Waals surface area (Å²) in [6.07, 6.45) is -7.77. The van der Waals surface area contributed by atoms with E-state index >= 15 is 0 Å². The third kappa shape index (κ3) is 5.66. The molecule has 3 rings (SSSR count). The van der Waals surface area contributed by atoms with Crippen LogP contribution in [0.2, 0.25) is 10.0 Å². The van der Waals surface area contributed by atoms with Gasteiger partial charge in [0.05, 0.1) is 0 Å². The summed E-state index contributed by atoms with van der Waals surface area (Å²) in [5, 5.41) is 15.0. The molecule has 3 atom stereocenters. The van der Waals surface area contributed by atoms with Crippen LogP contribution in [0.15, 0.2) is 47.6 Å². The normalized spacial score (nSPS) is 19.8. The Balaban J connectivity index is 2.03. The van der Waals surface area contributed by atoms with Crippen molar-refractivity contribution in [1.82, 2.24) is 5.32 Å². The van der Waals surface area contributed by atoms with E-state index in [9.17, 15) is 18.0 Å². The van der Waals surface area contributed by atoms with E-state index < -0.39 is 39.8 Å². The van der Waals surface area contributed by atoms with Gasteiger partial charge in [-0.3, -0.25) is 0 Å². The zero-order chi connectivity index (χ0) is 23.8. The zero-order valence-electron chi connectivity index (χ0n) is 15.5. The highest BCUT2D eigenvalue weighted by Crippen LogP contribution is 2.46. The number of benzene rings is 2. The summed E-state index contributed by atoms with van der Waals surface area (Å²) in [6.45, 7) is 0. The lowest BCUT2D eigenvalue weighted by molar-refractivity contribution is -0.177. The van der Waals surface area contributed by atoms with Gasteiger partial charge in [0, 0.05) is 15.6 Å². The molecular weight excluding hydrogens is 538 g/mol. The van der Waals surface area contributed by atoms with Gasteiger partial charge in [0.2, 0.25) is 3.79 Å². The van der Waals surface area contributed by atoms with Crippen molar-refractivity contribution in [3.8, 4) is 0 Å². The minimum absolute atomic E-state index is 0.00638. The van der Waals surface area contributed by atoms with Crippen LogP contribution in [0.4, 0.5) is 18.0 Å². The fourth-order valence-corrected chi connectivity index (χ4v) is 4.37. The van der Waals surface area contributed by atoms with E-state index in [4.69, 9.17) is 67.9 Å². The Morgan fingerprint density at radius 3 is 2.25 bits per heavy atom. The van der Waals surface area contributed by atoms with E-state index in [1.165, 1.54) is 42.5 Å². The Kier molecular flexibility index (Phi) is 7.32. The van der Waals surface area contributed by atoms with Gasteiger partial charge in [0.1, 0.15) is 17.7 Å². The third-order valence-electron chi connectivity index (χ3n) is 4.54.